The third kappa shape index (κ3) is 4.35. The number of esters is 2. The molecule has 0 saturated heterocycles. The molecule has 0 aliphatic carbocycles. The monoisotopic (exact) mass is 464 g/mol. The van der Waals surface area contributed by atoms with Gasteiger partial charge in [-0.15, -0.1) is 0 Å². The van der Waals surface area contributed by atoms with Crippen LogP contribution in [0.4, 0.5) is 4.79 Å². The highest BCUT2D eigenvalue weighted by Crippen LogP contribution is 2.42. The first-order valence-electron chi connectivity index (χ1n) is 11.2. The normalized spacial score (nSPS) is 17.2. The third-order valence-electron chi connectivity index (χ3n) is 6.38. The van der Waals surface area contributed by atoms with Gasteiger partial charge in [-0.2, -0.15) is 0 Å². The number of ether oxygens (including phenoxy) is 3. The molecule has 8 nitrogen and oxygen atoms in total. The molecule has 0 saturated carbocycles. The number of aromatic nitrogens is 1. The Hall–Kier alpha value is -3.81. The number of hydrogen-bond acceptors (Lipinski definition) is 6. The van der Waals surface area contributed by atoms with Crippen molar-refractivity contribution in [1.82, 2.24) is 9.47 Å². The van der Waals surface area contributed by atoms with E-state index in [9.17, 15) is 14.4 Å². The summed E-state index contributed by atoms with van der Waals surface area (Å²) in [4.78, 5) is 39.8. The number of amides is 1. The topological polar surface area (TPSA) is 87.1 Å². The zero-order chi connectivity index (χ0) is 24.2. The van der Waals surface area contributed by atoms with Crippen molar-refractivity contribution in [2.45, 2.75) is 38.0 Å². The first kappa shape index (κ1) is 23.4. The van der Waals surface area contributed by atoms with Gasteiger partial charge in [-0.3, -0.25) is 9.69 Å². The van der Waals surface area contributed by atoms with Crippen molar-refractivity contribution in [1.29, 1.82) is 0 Å². The number of methoxy groups -OCH3 is 2. The fraction of sp³-hybridized carbons (Fsp3) is 0.346. The Morgan fingerprint density at radius 1 is 0.971 bits per heavy atom. The highest BCUT2D eigenvalue weighted by atomic mass is 16.6. The Morgan fingerprint density at radius 2 is 1.68 bits per heavy atom. The van der Waals surface area contributed by atoms with E-state index in [2.05, 4.69) is 0 Å². The molecule has 2 atom stereocenters. The maximum Gasteiger partial charge on any atom is 0.411 e. The molecule has 1 amide bonds. The van der Waals surface area contributed by atoms with Crippen LogP contribution in [-0.2, 0) is 43.9 Å². The highest BCUT2D eigenvalue weighted by Gasteiger charge is 2.45. The molecule has 0 N–H and O–H groups in total. The predicted molar refractivity (Wildman–Crippen MR) is 125 cm³/mol. The Balaban J connectivity index is 1.77. The maximum atomic E-state index is 13.4. The lowest BCUT2D eigenvalue weighted by atomic mass is 9.89. The van der Waals surface area contributed by atoms with Crippen LogP contribution in [0, 0.1) is 0 Å². The van der Waals surface area contributed by atoms with Crippen LogP contribution in [0.1, 0.15) is 35.7 Å². The van der Waals surface area contributed by atoms with Gasteiger partial charge in [-0.25, -0.2) is 9.59 Å². The van der Waals surface area contributed by atoms with E-state index in [0.29, 0.717) is 6.42 Å². The number of carbonyl (C=O) groups excluding carboxylic acids is 3. The van der Waals surface area contributed by atoms with Gasteiger partial charge in [-0.1, -0.05) is 48.5 Å². The van der Waals surface area contributed by atoms with E-state index in [-0.39, 0.29) is 19.4 Å². The zero-order valence-corrected chi connectivity index (χ0v) is 19.5. The summed E-state index contributed by atoms with van der Waals surface area (Å²) in [6, 6.07) is 15.8. The summed E-state index contributed by atoms with van der Waals surface area (Å²) in [5.41, 5.74) is 3.66. The Bertz CT molecular complexity index is 1200. The standard InChI is InChI=1S/C26H28N2O6/c1-27-20-12-8-7-11-18(20)19-15-22(25(30)33-3)28(21(24(19)27)13-14-23(29)32-2)26(31)34-16-17-9-5-4-6-10-17/h4-12,21-22H,13-16H2,1-3H3/t21-,22-/m0/s1. The van der Waals surface area contributed by atoms with Gasteiger partial charge in [0, 0.05) is 36.5 Å². The largest absolute Gasteiger partial charge is 0.469 e. The molecule has 0 unspecified atom stereocenters. The molecule has 1 aliphatic heterocycles. The van der Waals surface area contributed by atoms with Crippen molar-refractivity contribution < 1.29 is 28.6 Å². The quantitative estimate of drug-likeness (QED) is 0.406. The summed E-state index contributed by atoms with van der Waals surface area (Å²) in [6.45, 7) is 0.0652. The second kappa shape index (κ2) is 9.99. The maximum absolute atomic E-state index is 13.4. The van der Waals surface area contributed by atoms with Gasteiger partial charge in [0.05, 0.1) is 20.3 Å². The Kier molecular flexibility index (Phi) is 6.86. The smallest absolute Gasteiger partial charge is 0.411 e. The number of hydrogen-bond donors (Lipinski definition) is 0. The highest BCUT2D eigenvalue weighted by molar-refractivity contribution is 5.89. The lowest BCUT2D eigenvalue weighted by Gasteiger charge is -2.40. The molecule has 0 bridgehead atoms. The van der Waals surface area contributed by atoms with Crippen molar-refractivity contribution in [3.05, 3.63) is 71.4 Å². The van der Waals surface area contributed by atoms with Crippen LogP contribution in [0.15, 0.2) is 54.6 Å². The predicted octanol–water partition coefficient (Wildman–Crippen LogP) is 3.91. The van der Waals surface area contributed by atoms with E-state index in [1.807, 2.05) is 66.2 Å². The van der Waals surface area contributed by atoms with Gasteiger partial charge < -0.3 is 18.8 Å². The van der Waals surface area contributed by atoms with Crippen molar-refractivity contribution in [2.24, 2.45) is 7.05 Å². The van der Waals surface area contributed by atoms with Crippen LogP contribution >= 0.6 is 0 Å². The van der Waals surface area contributed by atoms with Crippen molar-refractivity contribution in [2.75, 3.05) is 14.2 Å². The Morgan fingerprint density at radius 3 is 2.38 bits per heavy atom. The molecule has 34 heavy (non-hydrogen) atoms. The van der Waals surface area contributed by atoms with Gasteiger partial charge in [0.25, 0.3) is 0 Å². The third-order valence-corrected chi connectivity index (χ3v) is 6.38. The molecule has 2 heterocycles. The van der Waals surface area contributed by atoms with Crippen LogP contribution < -0.4 is 0 Å². The molecular formula is C26H28N2O6. The van der Waals surface area contributed by atoms with Gasteiger partial charge in [0.1, 0.15) is 12.6 Å². The minimum Gasteiger partial charge on any atom is -0.469 e. The molecule has 8 heteroatoms. The lowest BCUT2D eigenvalue weighted by Crippen LogP contribution is -2.52. The average molecular weight is 465 g/mol. The first-order chi connectivity index (χ1) is 16.5. The number of rotatable bonds is 6. The summed E-state index contributed by atoms with van der Waals surface area (Å²) in [6.07, 6.45) is 0.0134. The number of carbonyl (C=O) groups is 3. The number of aryl methyl sites for hydroxylation is 1. The van der Waals surface area contributed by atoms with Gasteiger partial charge in [-0.05, 0) is 23.6 Å². The molecule has 0 radical (unpaired) electrons. The minimum absolute atomic E-state index is 0.0652. The molecular weight excluding hydrogens is 436 g/mol. The summed E-state index contributed by atoms with van der Waals surface area (Å²) in [5, 5.41) is 1.01. The fourth-order valence-electron chi connectivity index (χ4n) is 4.79. The van der Waals surface area contributed by atoms with Gasteiger partial charge in [0.2, 0.25) is 0 Å². The van der Waals surface area contributed by atoms with Gasteiger partial charge >= 0.3 is 18.0 Å². The molecule has 0 spiro atoms. The number of fused-ring (bicyclic) bond motifs is 3. The number of benzene rings is 2. The van der Waals surface area contributed by atoms with E-state index in [1.54, 1.807) is 0 Å². The van der Waals surface area contributed by atoms with Crippen molar-refractivity contribution in [3.8, 4) is 0 Å². The van der Waals surface area contributed by atoms with E-state index in [4.69, 9.17) is 14.2 Å². The second-order valence-corrected chi connectivity index (χ2v) is 8.26. The molecule has 1 aliphatic rings. The van der Waals surface area contributed by atoms with Crippen molar-refractivity contribution >= 4 is 28.9 Å². The van der Waals surface area contributed by atoms with Gasteiger partial charge in [0.15, 0.2) is 0 Å². The van der Waals surface area contributed by atoms with E-state index in [0.717, 1.165) is 27.7 Å². The SMILES string of the molecule is COC(=O)CC[C@H]1c2c(c3ccccc3n2C)C[C@@H](C(=O)OC)N1C(=O)OCc1ccccc1. The summed E-state index contributed by atoms with van der Waals surface area (Å²) in [7, 11) is 4.56. The average Bonchev–Trinajstić information content (AvgIpc) is 3.17. The van der Waals surface area contributed by atoms with E-state index >= 15 is 0 Å². The molecule has 0 fully saturated rings. The van der Waals surface area contributed by atoms with E-state index in [1.165, 1.54) is 19.1 Å². The molecule has 3 aromatic rings. The van der Waals surface area contributed by atoms with Crippen molar-refractivity contribution in [3.63, 3.8) is 0 Å². The minimum atomic E-state index is -0.880. The molecule has 4 rings (SSSR count). The number of para-hydroxylation sites is 1. The summed E-state index contributed by atoms with van der Waals surface area (Å²) >= 11 is 0. The molecule has 2 aromatic carbocycles. The van der Waals surface area contributed by atoms with E-state index < -0.39 is 30.1 Å². The molecule has 1 aromatic heterocycles. The second-order valence-electron chi connectivity index (χ2n) is 8.26. The summed E-state index contributed by atoms with van der Waals surface area (Å²) in [5.74, 6) is -0.920. The number of nitrogens with zero attached hydrogens (tertiary/aromatic N) is 2. The lowest BCUT2D eigenvalue weighted by molar-refractivity contribution is -0.148. The first-order valence-corrected chi connectivity index (χ1v) is 11.2. The van der Waals surface area contributed by atoms with Crippen LogP contribution in [0.5, 0.6) is 0 Å². The summed E-state index contributed by atoms with van der Waals surface area (Å²) < 4.78 is 17.6. The Labute approximate surface area is 198 Å². The zero-order valence-electron chi connectivity index (χ0n) is 19.5. The van der Waals surface area contributed by atoms with Crippen LogP contribution in [-0.4, -0.2) is 47.8 Å². The fourth-order valence-corrected chi connectivity index (χ4v) is 4.79. The van der Waals surface area contributed by atoms with Crippen LogP contribution in [0.25, 0.3) is 10.9 Å². The molecule has 178 valence electrons. The van der Waals surface area contributed by atoms with Crippen LogP contribution in [0.2, 0.25) is 0 Å². The van der Waals surface area contributed by atoms with Crippen LogP contribution in [0.3, 0.4) is 0 Å².